The van der Waals surface area contributed by atoms with E-state index in [0.717, 1.165) is 22.6 Å². The summed E-state index contributed by atoms with van der Waals surface area (Å²) in [5.41, 5.74) is 27.9. The third-order valence-electron chi connectivity index (χ3n) is 15.9. The summed E-state index contributed by atoms with van der Waals surface area (Å²) in [7, 11) is 0. The van der Waals surface area contributed by atoms with Crippen LogP contribution in [0, 0.1) is 0 Å². The number of fused-ring (bicyclic) bond motifs is 6. The molecule has 0 atom stereocenters. The largest absolute Gasteiger partial charge is 0.310 e. The molecule has 0 aromatic heterocycles. The average Bonchev–Trinajstić information content (AvgIpc) is 3.84. The SMILES string of the molecule is CC1(C)c2ccccc2-c2c(-c3cccc(N(c4ccc(-c5ccccc5)c(-c5ccccc5)c4)c4cccc(-c5cccc6c5C(C)(C)c5ccccc5-6)c4-c4cccc(-c5ccccc5)c4)c3)cccc21. The zero-order valence-corrected chi connectivity index (χ0v) is 41.8. The predicted octanol–water partition coefficient (Wildman–Crippen LogP) is 19.8. The molecule has 0 saturated heterocycles. The molecule has 0 heterocycles. The molecule has 0 bridgehead atoms. The lowest BCUT2D eigenvalue weighted by molar-refractivity contribution is 0.660. The van der Waals surface area contributed by atoms with Gasteiger partial charge in [-0.25, -0.2) is 0 Å². The van der Waals surface area contributed by atoms with Crippen LogP contribution in [-0.2, 0) is 10.8 Å². The first-order valence-corrected chi connectivity index (χ1v) is 25.7. The Morgan fingerprint density at radius 2 is 0.726 bits per heavy atom. The van der Waals surface area contributed by atoms with E-state index in [-0.39, 0.29) is 10.8 Å². The van der Waals surface area contributed by atoms with Crippen molar-refractivity contribution in [2.24, 2.45) is 0 Å². The van der Waals surface area contributed by atoms with Crippen molar-refractivity contribution in [2.75, 3.05) is 4.90 Å². The zero-order chi connectivity index (χ0) is 49.3. The highest BCUT2D eigenvalue weighted by atomic mass is 15.1. The molecule has 1 nitrogen and oxygen atoms in total. The summed E-state index contributed by atoms with van der Waals surface area (Å²) in [5, 5.41) is 0. The Bertz CT molecular complexity index is 3900. The first-order chi connectivity index (χ1) is 35.8. The van der Waals surface area contributed by atoms with Gasteiger partial charge in [-0.1, -0.05) is 252 Å². The van der Waals surface area contributed by atoms with Crippen LogP contribution >= 0.6 is 0 Å². The van der Waals surface area contributed by atoms with E-state index in [4.69, 9.17) is 0 Å². The average molecular weight is 934 g/mol. The molecule has 0 unspecified atom stereocenters. The first kappa shape index (κ1) is 44.2. The molecule has 0 spiro atoms. The van der Waals surface area contributed by atoms with E-state index in [1.54, 1.807) is 0 Å². The fraction of sp³-hybridized carbons (Fsp3) is 0.0833. The van der Waals surface area contributed by atoms with Gasteiger partial charge in [0.05, 0.1) is 5.69 Å². The van der Waals surface area contributed by atoms with Gasteiger partial charge in [-0.3, -0.25) is 0 Å². The highest BCUT2D eigenvalue weighted by molar-refractivity contribution is 6.02. The van der Waals surface area contributed by atoms with Crippen molar-refractivity contribution in [1.82, 2.24) is 0 Å². The van der Waals surface area contributed by atoms with E-state index in [2.05, 4.69) is 293 Å². The lowest BCUT2D eigenvalue weighted by Crippen LogP contribution is -2.17. The smallest absolute Gasteiger partial charge is 0.0546 e. The van der Waals surface area contributed by atoms with Crippen molar-refractivity contribution in [3.63, 3.8) is 0 Å². The maximum atomic E-state index is 2.53. The number of hydrogen-bond acceptors (Lipinski definition) is 1. The van der Waals surface area contributed by atoms with Gasteiger partial charge in [-0.2, -0.15) is 0 Å². The normalized spacial score (nSPS) is 13.4. The lowest BCUT2D eigenvalue weighted by atomic mass is 9.77. The van der Waals surface area contributed by atoms with E-state index < -0.39 is 0 Å². The fourth-order valence-electron chi connectivity index (χ4n) is 12.4. The molecular formula is C72H55N. The molecule has 73 heavy (non-hydrogen) atoms. The number of nitrogens with zero attached hydrogens (tertiary/aromatic N) is 1. The Labute approximate surface area is 430 Å². The molecule has 0 N–H and O–H groups in total. The van der Waals surface area contributed by atoms with Crippen LogP contribution in [0.3, 0.4) is 0 Å². The molecule has 1 heteroatoms. The topological polar surface area (TPSA) is 3.24 Å². The van der Waals surface area contributed by atoms with Crippen molar-refractivity contribution >= 4 is 17.1 Å². The van der Waals surface area contributed by atoms with Crippen molar-refractivity contribution in [1.29, 1.82) is 0 Å². The Balaban J connectivity index is 1.11. The van der Waals surface area contributed by atoms with E-state index in [0.29, 0.717) is 0 Å². The summed E-state index contributed by atoms with van der Waals surface area (Å²) in [6.07, 6.45) is 0. The van der Waals surface area contributed by atoms with Crippen LogP contribution in [-0.4, -0.2) is 0 Å². The minimum absolute atomic E-state index is 0.114. The van der Waals surface area contributed by atoms with Gasteiger partial charge in [-0.15, -0.1) is 0 Å². The van der Waals surface area contributed by atoms with E-state index >= 15 is 0 Å². The van der Waals surface area contributed by atoms with Gasteiger partial charge in [0.25, 0.3) is 0 Å². The van der Waals surface area contributed by atoms with Crippen LogP contribution in [0.15, 0.2) is 261 Å². The predicted molar refractivity (Wildman–Crippen MR) is 309 cm³/mol. The molecule has 2 aliphatic carbocycles. The zero-order valence-electron chi connectivity index (χ0n) is 41.8. The van der Waals surface area contributed by atoms with Gasteiger partial charge < -0.3 is 4.90 Å². The van der Waals surface area contributed by atoms with Crippen molar-refractivity contribution < 1.29 is 0 Å². The molecule has 0 radical (unpaired) electrons. The standard InChI is InChI=1S/C72H55N/c1-71(2)65-40-17-15-34-62(65)69-57(35-21-41-66(69)71)52-30-19-32-54(46-52)73(55-43-44-56(49-25-10-6-11-26-49)63(47-55)50-27-12-7-13-28-50)67-42-22-36-59(68(67)53-31-18-29-51(45-53)48-23-8-5-9-24-48)61-38-20-37-60-58-33-14-16-39-64(58)72(3,4)70(60)61/h5-47H,1-4H3. The number of anilines is 3. The van der Waals surface area contributed by atoms with E-state index in [1.807, 2.05) is 0 Å². The van der Waals surface area contributed by atoms with Crippen LogP contribution < -0.4 is 4.90 Å². The monoisotopic (exact) mass is 933 g/mol. The highest BCUT2D eigenvalue weighted by Crippen LogP contribution is 2.56. The van der Waals surface area contributed by atoms with Crippen molar-refractivity contribution in [2.45, 2.75) is 38.5 Å². The van der Waals surface area contributed by atoms with Gasteiger partial charge in [0.2, 0.25) is 0 Å². The van der Waals surface area contributed by atoms with Gasteiger partial charge in [0, 0.05) is 27.8 Å². The second kappa shape index (κ2) is 17.5. The molecule has 348 valence electrons. The third-order valence-corrected chi connectivity index (χ3v) is 15.9. The summed E-state index contributed by atoms with van der Waals surface area (Å²) in [6, 6.07) is 96.8. The van der Waals surface area contributed by atoms with E-state index in [9.17, 15) is 0 Å². The quantitative estimate of drug-likeness (QED) is 0.139. The summed E-state index contributed by atoms with van der Waals surface area (Å²) in [5.74, 6) is 0. The maximum absolute atomic E-state index is 2.53. The number of hydrogen-bond donors (Lipinski definition) is 0. The first-order valence-electron chi connectivity index (χ1n) is 25.7. The summed E-state index contributed by atoms with van der Waals surface area (Å²) in [4.78, 5) is 2.53. The number of benzene rings is 11. The third kappa shape index (κ3) is 7.30. The van der Waals surface area contributed by atoms with Gasteiger partial charge in [0.1, 0.15) is 0 Å². The minimum Gasteiger partial charge on any atom is -0.310 e. The number of rotatable bonds is 9. The van der Waals surface area contributed by atoms with Gasteiger partial charge in [0.15, 0.2) is 0 Å². The van der Waals surface area contributed by atoms with Crippen LogP contribution in [0.2, 0.25) is 0 Å². The lowest BCUT2D eigenvalue weighted by Gasteiger charge is -2.31. The molecule has 0 saturated carbocycles. The Hall–Kier alpha value is -8.78. The molecule has 0 aliphatic heterocycles. The molecule has 13 rings (SSSR count). The molecule has 2 aliphatic rings. The fourth-order valence-corrected chi connectivity index (χ4v) is 12.4. The van der Waals surface area contributed by atoms with Crippen molar-refractivity contribution in [3.8, 4) is 89.0 Å². The second-order valence-corrected chi connectivity index (χ2v) is 20.8. The van der Waals surface area contributed by atoms with Crippen LogP contribution in [0.5, 0.6) is 0 Å². The minimum atomic E-state index is -0.226. The second-order valence-electron chi connectivity index (χ2n) is 20.8. The molecule has 11 aromatic carbocycles. The molecule has 0 fully saturated rings. The molecule has 0 amide bonds. The summed E-state index contributed by atoms with van der Waals surface area (Å²) < 4.78 is 0. The van der Waals surface area contributed by atoms with E-state index in [1.165, 1.54) is 106 Å². The Morgan fingerprint density at radius 1 is 0.247 bits per heavy atom. The van der Waals surface area contributed by atoms with Gasteiger partial charge in [-0.05, 0) is 142 Å². The molecule has 11 aromatic rings. The van der Waals surface area contributed by atoms with Crippen molar-refractivity contribution in [3.05, 3.63) is 283 Å². The maximum Gasteiger partial charge on any atom is 0.0546 e. The van der Waals surface area contributed by atoms with Crippen LogP contribution in [0.25, 0.3) is 89.0 Å². The highest BCUT2D eigenvalue weighted by Gasteiger charge is 2.39. The molecular weight excluding hydrogens is 879 g/mol. The van der Waals surface area contributed by atoms with Crippen LogP contribution in [0.1, 0.15) is 49.9 Å². The Kier molecular flexibility index (Phi) is 10.6. The summed E-state index contributed by atoms with van der Waals surface area (Å²) in [6.45, 7) is 9.54. The van der Waals surface area contributed by atoms with Crippen LogP contribution in [0.4, 0.5) is 17.1 Å². The Morgan fingerprint density at radius 3 is 1.47 bits per heavy atom. The van der Waals surface area contributed by atoms with Gasteiger partial charge >= 0.3 is 0 Å². The summed E-state index contributed by atoms with van der Waals surface area (Å²) >= 11 is 0.